The van der Waals surface area contributed by atoms with Crippen LogP contribution in [-0.4, -0.2) is 35.1 Å². The molecule has 2 heterocycles. The summed E-state index contributed by atoms with van der Waals surface area (Å²) in [5, 5.41) is 8.60. The molecular weight excluding hydrogens is 404 g/mol. The number of anilines is 2. The molecule has 0 aliphatic heterocycles. The van der Waals surface area contributed by atoms with E-state index in [2.05, 4.69) is 51.8 Å². The predicted octanol–water partition coefficient (Wildman–Crippen LogP) is 4.82. The number of aryl methyl sites for hydroxylation is 1. The summed E-state index contributed by atoms with van der Waals surface area (Å²) in [7, 11) is 1.63. The van der Waals surface area contributed by atoms with Gasteiger partial charge in [0, 0.05) is 52.5 Å². The highest BCUT2D eigenvalue weighted by Gasteiger charge is 2.44. The molecule has 1 amide bonds. The first-order chi connectivity index (χ1) is 15.4. The molecule has 0 spiro atoms. The molecule has 0 unspecified atom stereocenters. The monoisotopic (exact) mass is 430 g/mol. The Morgan fingerprint density at radius 3 is 2.75 bits per heavy atom. The van der Waals surface area contributed by atoms with Crippen molar-refractivity contribution >= 4 is 39.1 Å². The number of pyridine rings is 1. The van der Waals surface area contributed by atoms with Crippen LogP contribution in [0, 0.1) is 6.92 Å². The van der Waals surface area contributed by atoms with Gasteiger partial charge in [0.25, 0.3) is 0 Å². The zero-order chi connectivity index (χ0) is 22.3. The lowest BCUT2D eigenvalue weighted by Gasteiger charge is -2.19. The highest BCUT2D eigenvalue weighted by atomic mass is 16.5. The number of carbonyl (C=O) groups is 1. The number of amides is 1. The number of rotatable bonds is 7. The molecule has 0 saturated heterocycles. The normalized spacial score (nSPS) is 14.3. The number of hydrogen-bond donors (Lipinski definition) is 3. The van der Waals surface area contributed by atoms with E-state index in [9.17, 15) is 4.79 Å². The van der Waals surface area contributed by atoms with Gasteiger partial charge in [-0.15, -0.1) is 0 Å². The Labute approximate surface area is 186 Å². The molecule has 1 saturated carbocycles. The van der Waals surface area contributed by atoms with Gasteiger partial charge < -0.3 is 25.1 Å². The number of aromatic amines is 1. The lowest BCUT2D eigenvalue weighted by Crippen LogP contribution is -2.40. The second-order valence-electron chi connectivity index (χ2n) is 8.51. The summed E-state index contributed by atoms with van der Waals surface area (Å²) < 4.78 is 11.7. The maximum Gasteiger partial charge on any atom is 0.217 e. The summed E-state index contributed by atoms with van der Waals surface area (Å²) in [6, 6.07) is 14.2. The van der Waals surface area contributed by atoms with Crippen LogP contribution in [0.2, 0.25) is 0 Å². The van der Waals surface area contributed by atoms with Crippen molar-refractivity contribution in [1.82, 2.24) is 15.3 Å². The first kappa shape index (κ1) is 20.2. The minimum atomic E-state index is -0.266. The molecule has 2 aromatic carbocycles. The number of nitrogens with zero attached hydrogens (tertiary/aromatic N) is 1. The molecule has 0 bridgehead atoms. The van der Waals surface area contributed by atoms with Crippen molar-refractivity contribution in [3.63, 3.8) is 0 Å². The van der Waals surface area contributed by atoms with Gasteiger partial charge in [-0.05, 0) is 56.2 Å². The van der Waals surface area contributed by atoms with E-state index in [1.165, 1.54) is 6.92 Å². The summed E-state index contributed by atoms with van der Waals surface area (Å²) in [5.41, 5.74) is 4.71. The third-order valence-electron chi connectivity index (χ3n) is 5.86. The topological polar surface area (TPSA) is 88.3 Å². The molecule has 1 aliphatic rings. The van der Waals surface area contributed by atoms with Crippen molar-refractivity contribution in [1.29, 1.82) is 0 Å². The number of carbonyl (C=O) groups excluding carboxylic acids is 1. The average molecular weight is 431 g/mol. The first-order valence-electron chi connectivity index (χ1n) is 10.7. The Morgan fingerprint density at radius 2 is 2.00 bits per heavy atom. The van der Waals surface area contributed by atoms with Gasteiger partial charge in [0.1, 0.15) is 6.61 Å². The minimum Gasteiger partial charge on any atom is -0.493 e. The number of ether oxygens (including phenoxy) is 2. The highest BCUT2D eigenvalue weighted by molar-refractivity contribution is 5.96. The Bertz CT molecular complexity index is 1320. The van der Waals surface area contributed by atoms with Crippen molar-refractivity contribution in [2.45, 2.75) is 32.2 Å². The van der Waals surface area contributed by atoms with Gasteiger partial charge in [-0.1, -0.05) is 0 Å². The number of fused-ring (bicyclic) bond motifs is 2. The van der Waals surface area contributed by atoms with Crippen LogP contribution >= 0.6 is 0 Å². The summed E-state index contributed by atoms with van der Waals surface area (Å²) in [6.45, 7) is 3.99. The standard InChI is InChI=1S/C25H26N4O3/c1-15-10-17-11-18(4-5-20(17)27-15)28-21-6-9-26-22-13-24(23(31-3)12-19(21)22)32-14-25(7-8-25)29-16(2)30/h4-6,9-13,27H,7-8,14H2,1-3H3,(H,26,28)(H,29,30). The molecule has 7 heteroatoms. The molecule has 3 N–H and O–H groups in total. The molecule has 5 rings (SSSR count). The lowest BCUT2D eigenvalue weighted by atomic mass is 10.1. The SMILES string of the molecule is COc1cc2c(Nc3ccc4[nH]c(C)cc4c3)ccnc2cc1OCC1(NC(C)=O)CC1. The van der Waals surface area contributed by atoms with Gasteiger partial charge in [0.2, 0.25) is 5.91 Å². The third-order valence-corrected chi connectivity index (χ3v) is 5.86. The van der Waals surface area contributed by atoms with Crippen LogP contribution in [0.1, 0.15) is 25.5 Å². The first-order valence-corrected chi connectivity index (χ1v) is 10.7. The predicted molar refractivity (Wildman–Crippen MR) is 126 cm³/mol. The molecule has 32 heavy (non-hydrogen) atoms. The number of nitrogens with one attached hydrogen (secondary N) is 3. The molecule has 2 aromatic heterocycles. The van der Waals surface area contributed by atoms with Crippen molar-refractivity contribution in [2.24, 2.45) is 0 Å². The largest absolute Gasteiger partial charge is 0.493 e. The van der Waals surface area contributed by atoms with Crippen molar-refractivity contribution in [3.8, 4) is 11.5 Å². The van der Waals surface area contributed by atoms with Crippen LogP contribution in [0.15, 0.2) is 48.7 Å². The number of H-pyrrole nitrogens is 1. The molecule has 164 valence electrons. The van der Waals surface area contributed by atoms with Crippen LogP contribution in [0.3, 0.4) is 0 Å². The van der Waals surface area contributed by atoms with Gasteiger partial charge in [-0.3, -0.25) is 9.78 Å². The fourth-order valence-corrected chi connectivity index (χ4v) is 4.09. The van der Waals surface area contributed by atoms with Crippen LogP contribution < -0.4 is 20.1 Å². The molecule has 4 aromatic rings. The minimum absolute atomic E-state index is 0.0399. The molecule has 1 fully saturated rings. The van der Waals surface area contributed by atoms with Crippen LogP contribution in [-0.2, 0) is 4.79 Å². The lowest BCUT2D eigenvalue weighted by molar-refractivity contribution is -0.120. The Balaban J connectivity index is 1.43. The maximum atomic E-state index is 11.5. The summed E-state index contributed by atoms with van der Waals surface area (Å²) in [4.78, 5) is 19.3. The van der Waals surface area contributed by atoms with Crippen molar-refractivity contribution in [2.75, 3.05) is 19.0 Å². The number of aromatic nitrogens is 2. The fraction of sp³-hybridized carbons (Fsp3) is 0.280. The van der Waals surface area contributed by atoms with E-state index in [0.717, 1.165) is 51.7 Å². The Morgan fingerprint density at radius 1 is 1.16 bits per heavy atom. The Hall–Kier alpha value is -3.74. The maximum absolute atomic E-state index is 11.5. The van der Waals surface area contributed by atoms with Gasteiger partial charge in [-0.25, -0.2) is 0 Å². The molecule has 1 aliphatic carbocycles. The van der Waals surface area contributed by atoms with E-state index in [1.54, 1.807) is 13.3 Å². The van der Waals surface area contributed by atoms with E-state index in [0.29, 0.717) is 18.1 Å². The van der Waals surface area contributed by atoms with Gasteiger partial charge in [-0.2, -0.15) is 0 Å². The van der Waals surface area contributed by atoms with E-state index in [1.807, 2.05) is 18.2 Å². The van der Waals surface area contributed by atoms with Crippen molar-refractivity contribution in [3.05, 3.63) is 54.4 Å². The number of benzene rings is 2. The number of hydrogen-bond acceptors (Lipinski definition) is 5. The van der Waals surface area contributed by atoms with Crippen LogP contribution in [0.4, 0.5) is 11.4 Å². The van der Waals surface area contributed by atoms with Crippen LogP contribution in [0.25, 0.3) is 21.8 Å². The zero-order valence-corrected chi connectivity index (χ0v) is 18.4. The fourth-order valence-electron chi connectivity index (χ4n) is 4.09. The quantitative estimate of drug-likeness (QED) is 0.391. The van der Waals surface area contributed by atoms with Gasteiger partial charge >= 0.3 is 0 Å². The van der Waals surface area contributed by atoms with Gasteiger partial charge in [0.05, 0.1) is 18.2 Å². The van der Waals surface area contributed by atoms with E-state index in [4.69, 9.17) is 9.47 Å². The van der Waals surface area contributed by atoms with Gasteiger partial charge in [0.15, 0.2) is 11.5 Å². The zero-order valence-electron chi connectivity index (χ0n) is 18.4. The summed E-state index contributed by atoms with van der Waals surface area (Å²) in [5.74, 6) is 1.20. The van der Waals surface area contributed by atoms with E-state index >= 15 is 0 Å². The number of methoxy groups -OCH3 is 1. The molecule has 7 nitrogen and oxygen atoms in total. The Kier molecular flexibility index (Phi) is 4.89. The second kappa shape index (κ2) is 7.75. The molecule has 0 radical (unpaired) electrons. The smallest absolute Gasteiger partial charge is 0.217 e. The second-order valence-corrected chi connectivity index (χ2v) is 8.51. The summed E-state index contributed by atoms with van der Waals surface area (Å²) in [6.07, 6.45) is 3.61. The average Bonchev–Trinajstić information content (AvgIpc) is 3.41. The van der Waals surface area contributed by atoms with E-state index < -0.39 is 0 Å². The van der Waals surface area contributed by atoms with Crippen LogP contribution in [0.5, 0.6) is 11.5 Å². The van der Waals surface area contributed by atoms with E-state index in [-0.39, 0.29) is 11.4 Å². The third kappa shape index (κ3) is 3.93. The molecular formula is C25H26N4O3. The highest BCUT2D eigenvalue weighted by Crippen LogP contribution is 2.39. The summed E-state index contributed by atoms with van der Waals surface area (Å²) >= 11 is 0. The molecule has 0 atom stereocenters. The van der Waals surface area contributed by atoms with Crippen molar-refractivity contribution < 1.29 is 14.3 Å².